The Morgan fingerprint density at radius 1 is 1.26 bits per heavy atom. The third kappa shape index (κ3) is 7.40. The largest absolute Gasteiger partial charge is 0.480 e. The zero-order valence-electron chi connectivity index (χ0n) is 11.4. The van der Waals surface area contributed by atoms with Crippen molar-refractivity contribution in [2.24, 2.45) is 5.92 Å². The van der Waals surface area contributed by atoms with Gasteiger partial charge in [0.2, 0.25) is 5.91 Å². The number of aliphatic carboxylic acids is 1. The van der Waals surface area contributed by atoms with Gasteiger partial charge in [-0.05, 0) is 19.3 Å². The lowest BCUT2D eigenvalue weighted by molar-refractivity contribution is -0.150. The summed E-state index contributed by atoms with van der Waals surface area (Å²) < 4.78 is 4.61. The first-order chi connectivity index (χ1) is 8.77. The van der Waals surface area contributed by atoms with Gasteiger partial charge in [0.25, 0.3) is 0 Å². The number of carboxylic acid groups (broad SMARTS) is 1. The van der Waals surface area contributed by atoms with E-state index in [0.717, 1.165) is 0 Å². The molecule has 7 heteroatoms. The molecular formula is C12H21NO6. The summed E-state index contributed by atoms with van der Waals surface area (Å²) in [5.74, 6) is -2.77. The fraction of sp³-hybridized carbons (Fsp3) is 0.750. The summed E-state index contributed by atoms with van der Waals surface area (Å²) >= 11 is 0. The molecule has 0 radical (unpaired) electrons. The lowest BCUT2D eigenvalue weighted by Gasteiger charge is -2.17. The fourth-order valence-corrected chi connectivity index (χ4v) is 1.41. The number of aliphatic hydroxyl groups excluding tert-OH is 1. The van der Waals surface area contributed by atoms with Crippen LogP contribution in [0.4, 0.5) is 0 Å². The Labute approximate surface area is 111 Å². The van der Waals surface area contributed by atoms with Crippen molar-refractivity contribution in [3.05, 3.63) is 0 Å². The van der Waals surface area contributed by atoms with Gasteiger partial charge in [0.15, 0.2) is 0 Å². The van der Waals surface area contributed by atoms with Crippen molar-refractivity contribution in [3.8, 4) is 0 Å². The van der Waals surface area contributed by atoms with Gasteiger partial charge in [0.1, 0.15) is 12.1 Å². The van der Waals surface area contributed by atoms with Gasteiger partial charge in [0, 0.05) is 0 Å². The van der Waals surface area contributed by atoms with Gasteiger partial charge in [0.05, 0.1) is 13.0 Å². The van der Waals surface area contributed by atoms with E-state index in [1.54, 1.807) is 6.92 Å². The van der Waals surface area contributed by atoms with Gasteiger partial charge in [-0.3, -0.25) is 9.59 Å². The van der Waals surface area contributed by atoms with E-state index in [1.807, 2.05) is 13.8 Å². The second-order valence-corrected chi connectivity index (χ2v) is 4.55. The number of esters is 1. The molecule has 0 rings (SSSR count). The van der Waals surface area contributed by atoms with Crippen LogP contribution in [0.25, 0.3) is 0 Å². The first-order valence-corrected chi connectivity index (χ1v) is 6.14. The third-order valence-corrected chi connectivity index (χ3v) is 2.29. The Morgan fingerprint density at radius 3 is 2.26 bits per heavy atom. The van der Waals surface area contributed by atoms with Crippen molar-refractivity contribution < 1.29 is 29.3 Å². The summed E-state index contributed by atoms with van der Waals surface area (Å²) in [6.45, 7) is 5.38. The minimum Gasteiger partial charge on any atom is -0.480 e. The van der Waals surface area contributed by atoms with Crippen LogP contribution in [-0.2, 0) is 19.1 Å². The molecule has 19 heavy (non-hydrogen) atoms. The second-order valence-electron chi connectivity index (χ2n) is 4.55. The number of aliphatic hydroxyl groups is 1. The first-order valence-electron chi connectivity index (χ1n) is 6.14. The zero-order chi connectivity index (χ0) is 15.0. The number of amides is 1. The normalized spacial score (nSPS) is 13.7. The number of carbonyl (C=O) groups excluding carboxylic acids is 2. The molecule has 0 bridgehead atoms. The van der Waals surface area contributed by atoms with E-state index in [4.69, 9.17) is 5.11 Å². The summed E-state index contributed by atoms with van der Waals surface area (Å²) in [5.41, 5.74) is 0. The van der Waals surface area contributed by atoms with Crippen LogP contribution in [0.15, 0.2) is 0 Å². The van der Waals surface area contributed by atoms with Crippen molar-refractivity contribution in [1.82, 2.24) is 5.32 Å². The maximum Gasteiger partial charge on any atom is 0.326 e. The van der Waals surface area contributed by atoms with Crippen molar-refractivity contribution in [1.29, 1.82) is 0 Å². The molecule has 0 aromatic heterocycles. The van der Waals surface area contributed by atoms with Crippen LogP contribution in [0.1, 0.15) is 33.6 Å². The molecule has 0 unspecified atom stereocenters. The lowest BCUT2D eigenvalue weighted by Crippen LogP contribution is -2.47. The number of nitrogens with one attached hydrogen (secondary N) is 1. The number of rotatable bonds is 8. The summed E-state index contributed by atoms with van der Waals surface area (Å²) in [7, 11) is 0. The van der Waals surface area contributed by atoms with E-state index in [2.05, 4.69) is 10.1 Å². The minimum atomic E-state index is -1.40. The Morgan fingerprint density at radius 2 is 1.84 bits per heavy atom. The molecule has 0 heterocycles. The smallest absolute Gasteiger partial charge is 0.326 e. The highest BCUT2D eigenvalue weighted by molar-refractivity contribution is 5.88. The second kappa shape index (κ2) is 8.47. The molecule has 0 saturated carbocycles. The minimum absolute atomic E-state index is 0.0917. The van der Waals surface area contributed by atoms with Crippen LogP contribution < -0.4 is 5.32 Å². The molecular weight excluding hydrogens is 254 g/mol. The molecule has 0 aliphatic heterocycles. The average Bonchev–Trinajstić information content (AvgIpc) is 2.27. The molecule has 0 aromatic carbocycles. The van der Waals surface area contributed by atoms with Crippen molar-refractivity contribution in [2.45, 2.75) is 45.8 Å². The predicted molar refractivity (Wildman–Crippen MR) is 66.3 cm³/mol. The van der Waals surface area contributed by atoms with E-state index in [9.17, 15) is 19.5 Å². The Balaban J connectivity index is 4.46. The Kier molecular flexibility index (Phi) is 7.74. The standard InChI is InChI=1S/C12H21NO6/c1-4-19-10(15)6-8(12(17)18)13-11(16)9(14)5-7(2)3/h7-9,14H,4-6H2,1-3H3,(H,13,16)(H,17,18)/t8-,9+/m1/s1. The van der Waals surface area contributed by atoms with E-state index >= 15 is 0 Å². The van der Waals surface area contributed by atoms with Crippen LogP contribution in [0.2, 0.25) is 0 Å². The highest BCUT2D eigenvalue weighted by Gasteiger charge is 2.27. The lowest BCUT2D eigenvalue weighted by atomic mass is 10.1. The van der Waals surface area contributed by atoms with Crippen LogP contribution >= 0.6 is 0 Å². The molecule has 2 atom stereocenters. The maximum absolute atomic E-state index is 11.6. The summed E-state index contributed by atoms with van der Waals surface area (Å²) in [6.07, 6.45) is -1.54. The van der Waals surface area contributed by atoms with E-state index in [1.165, 1.54) is 0 Å². The zero-order valence-corrected chi connectivity index (χ0v) is 11.4. The number of carboxylic acids is 1. The van der Waals surface area contributed by atoms with Crippen LogP contribution in [0, 0.1) is 5.92 Å². The average molecular weight is 275 g/mol. The fourth-order valence-electron chi connectivity index (χ4n) is 1.41. The van der Waals surface area contributed by atoms with Gasteiger partial charge < -0.3 is 20.3 Å². The first kappa shape index (κ1) is 17.4. The van der Waals surface area contributed by atoms with Gasteiger partial charge in [-0.15, -0.1) is 0 Å². The molecule has 0 spiro atoms. The SMILES string of the molecule is CCOC(=O)C[C@@H](NC(=O)[C@@H](O)CC(C)C)C(=O)O. The molecule has 0 saturated heterocycles. The van der Waals surface area contributed by atoms with Crippen LogP contribution in [-0.4, -0.2) is 46.8 Å². The maximum atomic E-state index is 11.6. The topological polar surface area (TPSA) is 113 Å². The van der Waals surface area contributed by atoms with Gasteiger partial charge >= 0.3 is 11.9 Å². The molecule has 110 valence electrons. The molecule has 0 fully saturated rings. The quantitative estimate of drug-likeness (QED) is 0.534. The van der Waals surface area contributed by atoms with E-state index in [-0.39, 0.29) is 18.9 Å². The van der Waals surface area contributed by atoms with Crippen molar-refractivity contribution in [3.63, 3.8) is 0 Å². The van der Waals surface area contributed by atoms with Crippen molar-refractivity contribution in [2.75, 3.05) is 6.61 Å². The van der Waals surface area contributed by atoms with Crippen molar-refractivity contribution >= 4 is 17.8 Å². The molecule has 0 aliphatic rings. The van der Waals surface area contributed by atoms with Gasteiger partial charge in [-0.2, -0.15) is 0 Å². The molecule has 0 aliphatic carbocycles. The monoisotopic (exact) mass is 275 g/mol. The van der Waals surface area contributed by atoms with Crippen LogP contribution in [0.5, 0.6) is 0 Å². The van der Waals surface area contributed by atoms with Gasteiger partial charge in [-0.25, -0.2) is 4.79 Å². The number of carbonyl (C=O) groups is 3. The number of hydrogen-bond donors (Lipinski definition) is 3. The van der Waals surface area contributed by atoms with Crippen LogP contribution in [0.3, 0.4) is 0 Å². The predicted octanol–water partition coefficient (Wildman–Crippen LogP) is -0.0840. The highest BCUT2D eigenvalue weighted by atomic mass is 16.5. The Bertz CT molecular complexity index is 328. The van der Waals surface area contributed by atoms with E-state index in [0.29, 0.717) is 0 Å². The molecule has 0 aromatic rings. The highest BCUT2D eigenvalue weighted by Crippen LogP contribution is 2.05. The molecule has 1 amide bonds. The summed E-state index contributed by atoms with van der Waals surface area (Å²) in [5, 5.41) is 20.6. The van der Waals surface area contributed by atoms with Gasteiger partial charge in [-0.1, -0.05) is 13.8 Å². The third-order valence-electron chi connectivity index (χ3n) is 2.29. The Hall–Kier alpha value is -1.63. The summed E-state index contributed by atoms with van der Waals surface area (Å²) in [4.78, 5) is 33.7. The summed E-state index contributed by atoms with van der Waals surface area (Å²) in [6, 6.07) is -1.40. The number of ether oxygens (including phenoxy) is 1. The number of hydrogen-bond acceptors (Lipinski definition) is 5. The van der Waals surface area contributed by atoms with E-state index < -0.39 is 36.4 Å². The molecule has 3 N–H and O–H groups in total. The molecule has 7 nitrogen and oxygen atoms in total.